The second-order valence-electron chi connectivity index (χ2n) is 10.4. The van der Waals surface area contributed by atoms with Gasteiger partial charge in [-0.3, -0.25) is 19.2 Å². The summed E-state index contributed by atoms with van der Waals surface area (Å²) in [7, 11) is 0. The molecule has 0 spiro atoms. The third-order valence-corrected chi connectivity index (χ3v) is 5.77. The van der Waals surface area contributed by atoms with E-state index in [4.69, 9.17) is 9.47 Å². The maximum Gasteiger partial charge on any atom is 0.309 e. The summed E-state index contributed by atoms with van der Waals surface area (Å²) in [6, 6.07) is 8.98. The number of nitrogens with zero attached hydrogens (tertiary/aromatic N) is 1. The summed E-state index contributed by atoms with van der Waals surface area (Å²) in [5.41, 5.74) is 0.268. The standard InChI is InChI=1S/C28H40N2O7/c1-20-19-36-27(35)23(17-25(33)37-28(2,3)4)13-9-8-12-22(26(34)29-20)16-24(32)30(14-15-31)18-21-10-6-5-7-11-21/h5-11,20,22-23,31H,12-19H2,1-4H3,(H,29,34)/b9-8-/t20-,22-,23-/m0/s1. The molecule has 0 fully saturated rings. The van der Waals surface area contributed by atoms with Crippen molar-refractivity contribution in [3.63, 3.8) is 0 Å². The first-order valence-electron chi connectivity index (χ1n) is 12.7. The van der Waals surface area contributed by atoms with Crippen molar-refractivity contribution in [1.29, 1.82) is 0 Å². The van der Waals surface area contributed by atoms with E-state index in [1.54, 1.807) is 44.7 Å². The maximum atomic E-state index is 13.1. The van der Waals surface area contributed by atoms with Crippen molar-refractivity contribution in [2.45, 2.75) is 71.6 Å². The number of cyclic esters (lactones) is 1. The van der Waals surface area contributed by atoms with E-state index in [2.05, 4.69) is 5.32 Å². The van der Waals surface area contributed by atoms with Gasteiger partial charge < -0.3 is 24.8 Å². The van der Waals surface area contributed by atoms with Gasteiger partial charge in [0.25, 0.3) is 0 Å². The van der Waals surface area contributed by atoms with E-state index in [9.17, 15) is 24.3 Å². The molecule has 0 saturated carbocycles. The van der Waals surface area contributed by atoms with Crippen LogP contribution in [0, 0.1) is 11.8 Å². The quantitative estimate of drug-likeness (QED) is 0.402. The SMILES string of the molecule is C[C@H]1COC(=O)[C@H](CC(=O)OC(C)(C)C)C/C=C\C[C@@H](CC(=O)N(CCO)Cc2ccccc2)C(=O)N1. The van der Waals surface area contributed by atoms with Gasteiger partial charge in [-0.1, -0.05) is 42.5 Å². The number of carbonyl (C=O) groups is 4. The number of aliphatic hydroxyl groups excluding tert-OH is 1. The Morgan fingerprint density at radius 2 is 1.73 bits per heavy atom. The zero-order valence-electron chi connectivity index (χ0n) is 22.3. The van der Waals surface area contributed by atoms with Crippen LogP contribution in [-0.2, 0) is 35.2 Å². The van der Waals surface area contributed by atoms with E-state index in [1.807, 2.05) is 30.3 Å². The van der Waals surface area contributed by atoms with Gasteiger partial charge in [0.1, 0.15) is 12.2 Å². The Morgan fingerprint density at radius 1 is 1.08 bits per heavy atom. The Morgan fingerprint density at radius 3 is 2.35 bits per heavy atom. The number of hydrogen-bond donors (Lipinski definition) is 2. The molecule has 2 rings (SSSR count). The van der Waals surface area contributed by atoms with Gasteiger partial charge in [0.2, 0.25) is 11.8 Å². The van der Waals surface area contributed by atoms with Crippen LogP contribution in [-0.4, -0.2) is 65.2 Å². The summed E-state index contributed by atoms with van der Waals surface area (Å²) in [5.74, 6) is -2.90. The fourth-order valence-corrected chi connectivity index (χ4v) is 3.93. The molecular weight excluding hydrogens is 476 g/mol. The van der Waals surface area contributed by atoms with Crippen molar-refractivity contribution in [2.75, 3.05) is 19.8 Å². The van der Waals surface area contributed by atoms with Crippen LogP contribution >= 0.6 is 0 Å². The van der Waals surface area contributed by atoms with Crippen LogP contribution in [0.1, 0.15) is 58.9 Å². The van der Waals surface area contributed by atoms with Crippen LogP contribution in [0.4, 0.5) is 0 Å². The van der Waals surface area contributed by atoms with Crippen LogP contribution < -0.4 is 5.32 Å². The van der Waals surface area contributed by atoms with E-state index < -0.39 is 35.4 Å². The molecule has 2 N–H and O–H groups in total. The molecule has 0 aromatic heterocycles. The third kappa shape index (κ3) is 11.2. The molecule has 1 aliphatic rings. The molecule has 0 aliphatic carbocycles. The van der Waals surface area contributed by atoms with Gasteiger partial charge in [0, 0.05) is 19.5 Å². The number of ether oxygens (including phenoxy) is 2. The molecule has 1 aromatic carbocycles. The molecule has 3 atom stereocenters. The smallest absolute Gasteiger partial charge is 0.309 e. The minimum Gasteiger partial charge on any atom is -0.463 e. The number of nitrogens with one attached hydrogen (secondary N) is 1. The number of amides is 2. The molecule has 1 heterocycles. The van der Waals surface area contributed by atoms with Crippen molar-refractivity contribution >= 4 is 23.8 Å². The normalized spacial score (nSPS) is 22.0. The average Bonchev–Trinajstić information content (AvgIpc) is 2.82. The highest BCUT2D eigenvalue weighted by Gasteiger charge is 2.29. The van der Waals surface area contributed by atoms with E-state index in [0.29, 0.717) is 6.54 Å². The predicted octanol–water partition coefficient (Wildman–Crippen LogP) is 2.76. The molecule has 204 valence electrons. The molecule has 1 aliphatic heterocycles. The number of carbonyl (C=O) groups excluding carboxylic acids is 4. The summed E-state index contributed by atoms with van der Waals surface area (Å²) in [6.07, 6.45) is 3.89. The molecule has 0 unspecified atom stereocenters. The number of aliphatic hydroxyl groups is 1. The van der Waals surface area contributed by atoms with Crippen LogP contribution in [0.25, 0.3) is 0 Å². The lowest BCUT2D eigenvalue weighted by molar-refractivity contribution is -0.161. The molecular formula is C28H40N2O7. The van der Waals surface area contributed by atoms with Gasteiger partial charge >= 0.3 is 11.9 Å². The molecule has 9 heteroatoms. The summed E-state index contributed by atoms with van der Waals surface area (Å²) in [6.45, 7) is 7.26. The first-order valence-corrected chi connectivity index (χ1v) is 12.7. The predicted molar refractivity (Wildman–Crippen MR) is 138 cm³/mol. The summed E-state index contributed by atoms with van der Waals surface area (Å²) >= 11 is 0. The zero-order chi connectivity index (χ0) is 27.4. The van der Waals surface area contributed by atoms with E-state index in [0.717, 1.165) is 5.56 Å². The van der Waals surface area contributed by atoms with Crippen molar-refractivity contribution in [1.82, 2.24) is 10.2 Å². The van der Waals surface area contributed by atoms with Crippen LogP contribution in [0.5, 0.6) is 0 Å². The minimum absolute atomic E-state index is 0.0309. The second kappa shape index (κ2) is 14.5. The van der Waals surface area contributed by atoms with Crippen molar-refractivity contribution in [3.05, 3.63) is 48.0 Å². The molecule has 0 radical (unpaired) electrons. The van der Waals surface area contributed by atoms with Crippen LogP contribution in [0.15, 0.2) is 42.5 Å². The van der Waals surface area contributed by atoms with E-state index in [1.165, 1.54) is 0 Å². The highest BCUT2D eigenvalue weighted by Crippen LogP contribution is 2.20. The highest BCUT2D eigenvalue weighted by atomic mass is 16.6. The molecule has 2 amide bonds. The van der Waals surface area contributed by atoms with Crippen LogP contribution in [0.2, 0.25) is 0 Å². The topological polar surface area (TPSA) is 122 Å². The van der Waals surface area contributed by atoms with Crippen molar-refractivity contribution in [2.24, 2.45) is 11.8 Å². The lowest BCUT2D eigenvalue weighted by atomic mass is 9.96. The monoisotopic (exact) mass is 516 g/mol. The second-order valence-corrected chi connectivity index (χ2v) is 10.4. The largest absolute Gasteiger partial charge is 0.463 e. The Hall–Kier alpha value is -3.20. The molecule has 37 heavy (non-hydrogen) atoms. The maximum absolute atomic E-state index is 13.1. The van der Waals surface area contributed by atoms with Crippen molar-refractivity contribution in [3.8, 4) is 0 Å². The minimum atomic E-state index is -0.709. The first-order chi connectivity index (χ1) is 17.5. The molecule has 0 saturated heterocycles. The van der Waals surface area contributed by atoms with Crippen LogP contribution in [0.3, 0.4) is 0 Å². The lowest BCUT2D eigenvalue weighted by Crippen LogP contribution is -2.43. The fraction of sp³-hybridized carbons (Fsp3) is 0.571. The lowest BCUT2D eigenvalue weighted by Gasteiger charge is -2.26. The molecule has 1 aromatic rings. The number of rotatable bonds is 8. The summed E-state index contributed by atoms with van der Waals surface area (Å²) < 4.78 is 10.7. The summed E-state index contributed by atoms with van der Waals surface area (Å²) in [4.78, 5) is 52.6. The average molecular weight is 517 g/mol. The van der Waals surface area contributed by atoms with Crippen molar-refractivity contribution < 1.29 is 33.8 Å². The van der Waals surface area contributed by atoms with Gasteiger partial charge in [-0.25, -0.2) is 0 Å². The van der Waals surface area contributed by atoms with Gasteiger partial charge in [0.05, 0.1) is 30.9 Å². The Bertz CT molecular complexity index is 940. The Balaban J connectivity index is 2.12. The Kier molecular flexibility index (Phi) is 11.8. The van der Waals surface area contributed by atoms with Gasteiger partial charge in [-0.15, -0.1) is 0 Å². The summed E-state index contributed by atoms with van der Waals surface area (Å²) in [5, 5.41) is 12.3. The number of benzene rings is 1. The highest BCUT2D eigenvalue weighted by molar-refractivity contribution is 5.86. The molecule has 0 bridgehead atoms. The third-order valence-electron chi connectivity index (χ3n) is 5.77. The van der Waals surface area contributed by atoms with E-state index in [-0.39, 0.29) is 57.3 Å². The van der Waals surface area contributed by atoms with Gasteiger partial charge in [-0.05, 0) is 46.1 Å². The first kappa shape index (κ1) is 30.0. The fourth-order valence-electron chi connectivity index (χ4n) is 3.93. The van der Waals surface area contributed by atoms with E-state index >= 15 is 0 Å². The zero-order valence-corrected chi connectivity index (χ0v) is 22.3. The van der Waals surface area contributed by atoms with Gasteiger partial charge in [0.15, 0.2) is 0 Å². The Labute approximate surface area is 219 Å². The number of hydrogen-bond acceptors (Lipinski definition) is 7. The number of allylic oxidation sites excluding steroid dienone is 2. The molecule has 9 nitrogen and oxygen atoms in total. The number of esters is 2. The van der Waals surface area contributed by atoms with Gasteiger partial charge in [-0.2, -0.15) is 0 Å².